The lowest BCUT2D eigenvalue weighted by Crippen LogP contribution is -2.25. The minimum absolute atomic E-state index is 0.0811. The fourth-order valence-electron chi connectivity index (χ4n) is 4.25. The number of methoxy groups -OCH3 is 1. The predicted octanol–water partition coefficient (Wildman–Crippen LogP) is 5.32. The molecule has 2 aliphatic rings. The van der Waals surface area contributed by atoms with Gasteiger partial charge >= 0.3 is 0 Å². The number of aryl methyl sites for hydroxylation is 1. The van der Waals surface area contributed by atoms with Crippen LogP contribution in [0.15, 0.2) is 82.9 Å². The van der Waals surface area contributed by atoms with Gasteiger partial charge in [-0.05, 0) is 42.3 Å². The van der Waals surface area contributed by atoms with Crippen molar-refractivity contribution in [3.8, 4) is 5.75 Å². The smallest absolute Gasteiger partial charge is 0.262 e. The molecule has 37 heavy (non-hydrogen) atoms. The Balaban J connectivity index is 1.34. The summed E-state index contributed by atoms with van der Waals surface area (Å²) < 4.78 is 19.2. The Labute approximate surface area is 218 Å². The number of ether oxygens (including phenoxy) is 1. The number of halogens is 1. The van der Waals surface area contributed by atoms with Crippen LogP contribution < -0.4 is 10.1 Å². The van der Waals surface area contributed by atoms with Gasteiger partial charge in [0.05, 0.1) is 18.9 Å². The van der Waals surface area contributed by atoms with E-state index in [-0.39, 0.29) is 24.3 Å². The van der Waals surface area contributed by atoms with Crippen molar-refractivity contribution >= 4 is 40.1 Å². The molecule has 0 unspecified atom stereocenters. The monoisotopic (exact) mass is 516 g/mol. The van der Waals surface area contributed by atoms with Gasteiger partial charge in [-0.1, -0.05) is 60.3 Å². The lowest BCUT2D eigenvalue weighted by atomic mass is 9.98. The lowest BCUT2D eigenvalue weighted by molar-refractivity contribution is -0.121. The Bertz CT molecular complexity index is 1410. The van der Waals surface area contributed by atoms with Gasteiger partial charge in [-0.25, -0.2) is 9.40 Å². The highest BCUT2D eigenvalue weighted by molar-refractivity contribution is 8.15. The number of amides is 2. The van der Waals surface area contributed by atoms with Gasteiger partial charge in [0.25, 0.3) is 5.91 Å². The summed E-state index contributed by atoms with van der Waals surface area (Å²) in [5.41, 5.74) is 3.67. The first-order chi connectivity index (χ1) is 17.9. The third kappa shape index (κ3) is 5.41. The van der Waals surface area contributed by atoms with E-state index in [0.717, 1.165) is 22.6 Å². The summed E-state index contributed by atoms with van der Waals surface area (Å²) in [6.45, 7) is 1.65. The van der Waals surface area contributed by atoms with Crippen molar-refractivity contribution in [1.29, 1.82) is 0 Å². The summed E-state index contributed by atoms with van der Waals surface area (Å²) in [4.78, 5) is 29.7. The first kappa shape index (κ1) is 24.7. The second kappa shape index (κ2) is 10.6. The Morgan fingerprint density at radius 3 is 2.70 bits per heavy atom. The van der Waals surface area contributed by atoms with Gasteiger partial charge in [0.1, 0.15) is 16.8 Å². The quantitative estimate of drug-likeness (QED) is 0.480. The second-order valence-corrected chi connectivity index (χ2v) is 9.98. The largest absolute Gasteiger partial charge is 0.497 e. The van der Waals surface area contributed by atoms with Crippen LogP contribution in [-0.4, -0.2) is 40.1 Å². The van der Waals surface area contributed by atoms with Crippen LogP contribution in [0.2, 0.25) is 0 Å². The minimum atomic E-state index is -0.683. The zero-order chi connectivity index (χ0) is 25.9. The SMILES string of the molecule is COc1cccc(C2=NN(C3=NC(=O)[C@H](CC(=O)Nc4ccc(C)c(F)c4)S3)[C@@H](c3ccccc3)C2)c1. The number of thioether (sulfide) groups is 1. The summed E-state index contributed by atoms with van der Waals surface area (Å²) in [7, 11) is 1.62. The van der Waals surface area contributed by atoms with Crippen molar-refractivity contribution in [2.24, 2.45) is 10.1 Å². The minimum Gasteiger partial charge on any atom is -0.497 e. The summed E-state index contributed by atoms with van der Waals surface area (Å²) >= 11 is 1.22. The third-order valence-corrected chi connectivity index (χ3v) is 7.39. The van der Waals surface area contributed by atoms with E-state index >= 15 is 0 Å². The van der Waals surface area contributed by atoms with Crippen LogP contribution >= 0.6 is 11.8 Å². The summed E-state index contributed by atoms with van der Waals surface area (Å²) in [5, 5.41) is 9.07. The van der Waals surface area contributed by atoms with E-state index in [0.29, 0.717) is 22.8 Å². The zero-order valence-electron chi connectivity index (χ0n) is 20.3. The fraction of sp³-hybridized carbons (Fsp3) is 0.214. The van der Waals surface area contributed by atoms with Crippen LogP contribution in [0.4, 0.5) is 10.1 Å². The molecular weight excluding hydrogens is 491 g/mol. The molecule has 2 amide bonds. The highest BCUT2D eigenvalue weighted by Gasteiger charge is 2.39. The fourth-order valence-corrected chi connectivity index (χ4v) is 5.32. The van der Waals surface area contributed by atoms with Gasteiger partial charge < -0.3 is 10.1 Å². The number of hydrazone groups is 1. The summed E-state index contributed by atoms with van der Waals surface area (Å²) in [6.07, 6.45) is 0.539. The topological polar surface area (TPSA) is 83.4 Å². The van der Waals surface area contributed by atoms with Crippen molar-refractivity contribution in [2.75, 3.05) is 12.4 Å². The highest BCUT2D eigenvalue weighted by atomic mass is 32.2. The van der Waals surface area contributed by atoms with Crippen molar-refractivity contribution < 1.29 is 18.7 Å². The number of anilines is 1. The maximum Gasteiger partial charge on any atom is 0.262 e. The number of benzene rings is 3. The van der Waals surface area contributed by atoms with Crippen LogP contribution in [0, 0.1) is 12.7 Å². The molecule has 2 atom stereocenters. The Morgan fingerprint density at radius 2 is 1.95 bits per heavy atom. The molecule has 188 valence electrons. The van der Waals surface area contributed by atoms with E-state index in [4.69, 9.17) is 9.84 Å². The third-order valence-electron chi connectivity index (χ3n) is 6.25. The molecule has 0 spiro atoms. The molecule has 3 aromatic carbocycles. The average molecular weight is 517 g/mol. The second-order valence-electron chi connectivity index (χ2n) is 8.81. The van der Waals surface area contributed by atoms with Crippen molar-refractivity contribution in [1.82, 2.24) is 5.01 Å². The number of hydrogen-bond acceptors (Lipinski definition) is 6. The van der Waals surface area contributed by atoms with Crippen molar-refractivity contribution in [3.63, 3.8) is 0 Å². The first-order valence-corrected chi connectivity index (χ1v) is 12.7. The van der Waals surface area contributed by atoms with Crippen molar-refractivity contribution in [2.45, 2.75) is 31.1 Å². The van der Waals surface area contributed by atoms with E-state index < -0.39 is 11.1 Å². The van der Waals surface area contributed by atoms with Crippen molar-refractivity contribution in [3.05, 3.63) is 95.3 Å². The van der Waals surface area contributed by atoms with Gasteiger partial charge in [-0.15, -0.1) is 0 Å². The van der Waals surface area contributed by atoms with Crippen LogP contribution in [0.5, 0.6) is 5.75 Å². The highest BCUT2D eigenvalue weighted by Crippen LogP contribution is 2.38. The molecular formula is C28H25FN4O3S. The molecule has 1 N–H and O–H groups in total. The maximum absolute atomic E-state index is 13.8. The molecule has 0 aromatic heterocycles. The molecule has 0 radical (unpaired) electrons. The van der Waals surface area contributed by atoms with E-state index in [2.05, 4.69) is 10.3 Å². The van der Waals surface area contributed by atoms with Gasteiger partial charge in [0.15, 0.2) is 5.17 Å². The lowest BCUT2D eigenvalue weighted by Gasteiger charge is -2.23. The first-order valence-electron chi connectivity index (χ1n) is 11.8. The van der Waals surface area contributed by atoms with E-state index in [1.54, 1.807) is 31.2 Å². The number of nitrogens with zero attached hydrogens (tertiary/aromatic N) is 3. The molecule has 0 aliphatic carbocycles. The average Bonchev–Trinajstić information content (AvgIpc) is 3.51. The number of nitrogens with one attached hydrogen (secondary N) is 1. The van der Waals surface area contributed by atoms with Gasteiger partial charge in [-0.2, -0.15) is 10.1 Å². The number of carbonyl (C=O) groups is 2. The molecule has 0 saturated carbocycles. The maximum atomic E-state index is 13.8. The van der Waals surface area contributed by atoms with Crippen LogP contribution in [0.25, 0.3) is 0 Å². The van der Waals surface area contributed by atoms with E-state index in [9.17, 15) is 14.0 Å². The van der Waals surface area contributed by atoms with Crippen LogP contribution in [0.1, 0.15) is 35.6 Å². The normalized spacial score (nSPS) is 19.0. The molecule has 0 bridgehead atoms. The van der Waals surface area contributed by atoms with Crippen LogP contribution in [0.3, 0.4) is 0 Å². The molecule has 2 aliphatic heterocycles. The van der Waals surface area contributed by atoms with Crippen LogP contribution in [-0.2, 0) is 9.59 Å². The predicted molar refractivity (Wildman–Crippen MR) is 143 cm³/mol. The zero-order valence-corrected chi connectivity index (χ0v) is 21.2. The molecule has 5 rings (SSSR count). The summed E-state index contributed by atoms with van der Waals surface area (Å²) in [6, 6.07) is 22.0. The van der Waals surface area contributed by atoms with E-state index in [1.165, 1.54) is 17.8 Å². The number of rotatable bonds is 6. The van der Waals surface area contributed by atoms with E-state index in [1.807, 2.05) is 54.6 Å². The summed E-state index contributed by atoms with van der Waals surface area (Å²) in [5.74, 6) is -0.438. The molecule has 9 heteroatoms. The molecule has 7 nitrogen and oxygen atoms in total. The Morgan fingerprint density at radius 1 is 1.14 bits per heavy atom. The molecule has 0 fully saturated rings. The van der Waals surface area contributed by atoms with Gasteiger partial charge in [0, 0.05) is 24.1 Å². The van der Waals surface area contributed by atoms with Gasteiger partial charge in [0.2, 0.25) is 5.91 Å². The molecule has 0 saturated heterocycles. The Hall–Kier alpha value is -3.98. The Kier molecular flexibility index (Phi) is 7.05. The standard InChI is InChI=1S/C28H25FN4O3S/c1-17-11-12-20(14-22(17)29)30-26(34)16-25-27(35)31-28(37-25)33-24(18-7-4-3-5-8-18)15-23(32-33)19-9-6-10-21(13-19)36-2/h3-14,24-25H,15-16H2,1-2H3,(H,30,34)/t24-,25+/m1/s1. The number of hydrogen-bond donors (Lipinski definition) is 1. The van der Waals surface area contributed by atoms with Gasteiger partial charge in [-0.3, -0.25) is 9.59 Å². The number of carbonyl (C=O) groups excluding carboxylic acids is 2. The molecule has 3 aromatic rings. The number of amidine groups is 1. The number of aliphatic imine (C=N–C) groups is 1. The molecule has 2 heterocycles.